The van der Waals surface area contributed by atoms with Gasteiger partial charge < -0.3 is 141 Å². The van der Waals surface area contributed by atoms with Crippen LogP contribution in [-0.2, 0) is 57.1 Å². The average molecular weight is 1580 g/mol. The number of aliphatic hydroxyl groups is 16. The highest BCUT2D eigenvalue weighted by Gasteiger charge is 2.49. The van der Waals surface area contributed by atoms with Crippen LogP contribution in [0.15, 0.2) is 122 Å². The van der Waals surface area contributed by atoms with Gasteiger partial charge in [0.05, 0.1) is 52.9 Å². The first-order valence-electron chi connectivity index (χ1n) is 38.8. The number of aliphatic hydroxyl groups excluding tert-OH is 16. The number of nitrogens with one attached hydrogen (secondary N) is 4. The van der Waals surface area contributed by atoms with Crippen molar-refractivity contribution in [1.82, 2.24) is 21.3 Å². The number of carbonyl (C=O) groups is 4. The highest BCUT2D eigenvalue weighted by Crippen LogP contribution is 2.45. The van der Waals surface area contributed by atoms with Gasteiger partial charge in [-0.3, -0.25) is 19.2 Å². The number of amides is 4. The SMILES string of the molecule is C=CC1CC(C=Cc2ccccc2)CC1C(=O)NCCOC1OC(CO)C(O)C(O)C1O.C=CC1CC(C=Cc2ccccc2)CC1C(=O)NCCOC1OC(CO)C(O)C(O)C1O.O=C(NCCOC1OC(CO)C(O)C(O)C1O)C1C[C@@H]2C=CC1C2.O=C(NCCOC1OC(CO)C(O)C(O)C1O)C1C[C@@H]2C=CC1C2. The molecule has 0 spiro atoms. The Hall–Kier alpha value is -6.20. The standard InChI is InChI=1S/2C24H33NO7.2C16H25NO7/c2*1-2-17-12-16(9-8-15-6-4-3-5-7-15)13-18(17)23(30)25-10-11-31-24-22(29)21(28)20(27)19(14-26)32-24;2*18-7-11-12(19)13(20)14(21)16(24-11)23-4-3-17-15(22)10-6-8-1-2-9(10)5-8/h2*2-9,16-22,24,26-29H,1,10-14H2,(H,25,30);2*1-2,8-14,16,18-21H,3-7H2,(H,17,22)/t;;2*8-,9?,10?,11?,12?,13?,14?,16?/m..11/s1. The van der Waals surface area contributed by atoms with Gasteiger partial charge in [-0.05, 0) is 110 Å². The van der Waals surface area contributed by atoms with Crippen molar-refractivity contribution in [3.05, 3.63) is 134 Å². The molecule has 624 valence electrons. The average Bonchev–Trinajstić information content (AvgIpc) is 1.65. The van der Waals surface area contributed by atoms with E-state index in [1.165, 1.54) is 0 Å². The van der Waals surface area contributed by atoms with Crippen LogP contribution in [0.1, 0.15) is 62.5 Å². The highest BCUT2D eigenvalue weighted by molar-refractivity contribution is 5.81. The normalized spacial score (nSPS) is 38.9. The number of hydrogen-bond donors (Lipinski definition) is 20. The molecule has 0 aromatic heterocycles. The van der Waals surface area contributed by atoms with E-state index in [9.17, 15) is 90.7 Å². The van der Waals surface area contributed by atoms with Gasteiger partial charge in [0, 0.05) is 49.9 Å². The largest absolute Gasteiger partial charge is 0.394 e. The lowest BCUT2D eigenvalue weighted by Gasteiger charge is -2.39. The summed E-state index contributed by atoms with van der Waals surface area (Å²) in [6.45, 7) is 6.88. The molecule has 4 saturated heterocycles. The van der Waals surface area contributed by atoms with Gasteiger partial charge in [0.2, 0.25) is 23.6 Å². The molecular weight excluding hydrogens is 1460 g/mol. The molecule has 4 saturated carbocycles. The predicted octanol–water partition coefficient (Wildman–Crippen LogP) is -2.82. The lowest BCUT2D eigenvalue weighted by atomic mass is 9.93. The van der Waals surface area contributed by atoms with Gasteiger partial charge in [0.25, 0.3) is 0 Å². The Labute approximate surface area is 651 Å². The molecule has 8 fully saturated rings. The minimum atomic E-state index is -1.49. The molecule has 12 rings (SSSR count). The van der Waals surface area contributed by atoms with Crippen molar-refractivity contribution >= 4 is 35.8 Å². The Morgan fingerprint density at radius 3 is 0.875 bits per heavy atom. The van der Waals surface area contributed by atoms with E-state index in [4.69, 9.17) is 48.1 Å². The lowest BCUT2D eigenvalue weighted by Crippen LogP contribution is -2.59. The molecule has 20 N–H and O–H groups in total. The van der Waals surface area contributed by atoms with Crippen LogP contribution >= 0.6 is 0 Å². The third kappa shape index (κ3) is 24.0. The molecule has 4 aliphatic heterocycles. The van der Waals surface area contributed by atoms with Crippen LogP contribution in [0.3, 0.4) is 0 Å². The summed E-state index contributed by atoms with van der Waals surface area (Å²) in [6, 6.07) is 20.1. The van der Waals surface area contributed by atoms with Crippen LogP contribution in [0, 0.1) is 71.0 Å². The van der Waals surface area contributed by atoms with Crippen molar-refractivity contribution in [3.63, 3.8) is 0 Å². The maximum absolute atomic E-state index is 12.7. The van der Waals surface area contributed by atoms with E-state index in [0.717, 1.165) is 62.5 Å². The first-order chi connectivity index (χ1) is 53.9. The van der Waals surface area contributed by atoms with E-state index in [0.29, 0.717) is 35.5 Å². The zero-order chi connectivity index (χ0) is 80.7. The van der Waals surface area contributed by atoms with Gasteiger partial charge in [0.1, 0.15) is 97.7 Å². The van der Waals surface area contributed by atoms with Gasteiger partial charge >= 0.3 is 0 Å². The van der Waals surface area contributed by atoms with E-state index in [1.807, 2.05) is 72.8 Å². The number of benzene rings is 2. The molecule has 2 aromatic rings. The van der Waals surface area contributed by atoms with Crippen LogP contribution in [0.5, 0.6) is 0 Å². The third-order valence-corrected chi connectivity index (χ3v) is 22.7. The summed E-state index contributed by atoms with van der Waals surface area (Å²) in [5, 5.41) is 165. The number of ether oxygens (including phenoxy) is 8. The van der Waals surface area contributed by atoms with Gasteiger partial charge in [-0.25, -0.2) is 0 Å². The van der Waals surface area contributed by atoms with Gasteiger partial charge in [0.15, 0.2) is 25.2 Å². The molecule has 4 amide bonds. The summed E-state index contributed by atoms with van der Waals surface area (Å²) in [6.07, 6.45) is 1.69. The Morgan fingerprint density at radius 2 is 0.634 bits per heavy atom. The summed E-state index contributed by atoms with van der Waals surface area (Å²) >= 11 is 0. The first-order valence-corrected chi connectivity index (χ1v) is 38.8. The van der Waals surface area contributed by atoms with E-state index in [1.54, 1.807) is 0 Å². The zero-order valence-corrected chi connectivity index (χ0v) is 62.6. The van der Waals surface area contributed by atoms with Crippen molar-refractivity contribution in [2.75, 3.05) is 79.0 Å². The van der Waals surface area contributed by atoms with Crippen LogP contribution < -0.4 is 21.3 Å². The van der Waals surface area contributed by atoms with Crippen LogP contribution in [0.25, 0.3) is 12.2 Å². The molecule has 6 aliphatic carbocycles. The number of fused-ring (bicyclic) bond motifs is 4. The monoisotopic (exact) mass is 1580 g/mol. The fourth-order valence-electron chi connectivity index (χ4n) is 16.2. The highest BCUT2D eigenvalue weighted by atomic mass is 16.7. The maximum Gasteiger partial charge on any atom is 0.223 e. The van der Waals surface area contributed by atoms with Crippen molar-refractivity contribution < 1.29 is 139 Å². The predicted molar refractivity (Wildman–Crippen MR) is 399 cm³/mol. The lowest BCUT2D eigenvalue weighted by molar-refractivity contribution is -0.300. The molecule has 4 bridgehead atoms. The second kappa shape index (κ2) is 44.2. The smallest absolute Gasteiger partial charge is 0.223 e. The van der Waals surface area contributed by atoms with Crippen molar-refractivity contribution in [2.45, 2.75) is 174 Å². The molecule has 0 radical (unpaired) electrons. The number of carbonyl (C=O) groups excluding carboxylic acids is 4. The van der Waals surface area contributed by atoms with Crippen molar-refractivity contribution in [1.29, 1.82) is 0 Å². The molecule has 32 atom stereocenters. The quantitative estimate of drug-likeness (QED) is 0.0277. The number of rotatable bonds is 30. The number of allylic oxidation sites excluding steroid dienone is 8. The first kappa shape index (κ1) is 89.7. The molecular formula is C80H116N4O28. The third-order valence-electron chi connectivity index (χ3n) is 22.7. The maximum atomic E-state index is 12.7. The summed E-state index contributed by atoms with van der Waals surface area (Å²) < 4.78 is 42.5. The van der Waals surface area contributed by atoms with Crippen LogP contribution in [-0.4, -0.2) is 307 Å². The topological polar surface area (TPSA) is 514 Å². The fraction of sp³-hybridized carbons (Fsp3) is 0.650. The summed E-state index contributed by atoms with van der Waals surface area (Å²) in [4.78, 5) is 49.7. The Morgan fingerprint density at radius 1 is 0.357 bits per heavy atom. The molecule has 2 aromatic carbocycles. The molecule has 32 nitrogen and oxygen atoms in total. The van der Waals surface area contributed by atoms with Crippen molar-refractivity contribution in [2.24, 2.45) is 71.0 Å². The summed E-state index contributed by atoms with van der Waals surface area (Å²) in [7, 11) is 0. The van der Waals surface area contributed by atoms with Gasteiger partial charge in [-0.2, -0.15) is 0 Å². The van der Waals surface area contributed by atoms with E-state index in [2.05, 4.69) is 83.0 Å². The molecule has 112 heavy (non-hydrogen) atoms. The second-order valence-corrected chi connectivity index (χ2v) is 30.2. The Bertz CT molecular complexity index is 3140. The molecule has 4 heterocycles. The van der Waals surface area contributed by atoms with Crippen molar-refractivity contribution in [3.8, 4) is 0 Å². The molecule has 10 aliphatic rings. The zero-order valence-electron chi connectivity index (χ0n) is 62.6. The Kier molecular flexibility index (Phi) is 35.4. The number of hydrogen-bond acceptors (Lipinski definition) is 28. The molecule has 30 unspecified atom stereocenters. The van der Waals surface area contributed by atoms with Gasteiger partial charge in [-0.1, -0.05) is 121 Å². The minimum Gasteiger partial charge on any atom is -0.394 e. The second-order valence-electron chi connectivity index (χ2n) is 30.2. The van der Waals surface area contributed by atoms with Crippen LogP contribution in [0.4, 0.5) is 0 Å². The van der Waals surface area contributed by atoms with Gasteiger partial charge in [-0.15, -0.1) is 13.2 Å². The summed E-state index contributed by atoms with van der Waals surface area (Å²) in [5.74, 6) is 2.02. The Balaban J connectivity index is 0.000000173. The fourth-order valence-corrected chi connectivity index (χ4v) is 16.2. The minimum absolute atomic E-state index is 0.00394. The summed E-state index contributed by atoms with van der Waals surface area (Å²) in [5.41, 5.74) is 2.25. The molecule has 32 heteroatoms. The van der Waals surface area contributed by atoms with Crippen LogP contribution in [0.2, 0.25) is 0 Å². The van der Waals surface area contributed by atoms with E-state index in [-0.39, 0.29) is 112 Å². The van der Waals surface area contributed by atoms with E-state index < -0.39 is 149 Å². The van der Waals surface area contributed by atoms with E-state index >= 15 is 0 Å².